The molecule has 8 heteroatoms. The first-order valence-electron chi connectivity index (χ1n) is 12.1. The van der Waals surface area contributed by atoms with Crippen LogP contribution in [-0.4, -0.2) is 68.6 Å². The van der Waals surface area contributed by atoms with E-state index in [1.807, 2.05) is 27.3 Å². The van der Waals surface area contributed by atoms with Crippen molar-refractivity contribution in [2.75, 3.05) is 26.2 Å². The third-order valence-electron chi connectivity index (χ3n) is 7.31. The highest BCUT2D eigenvalue weighted by Gasteiger charge is 2.37. The van der Waals surface area contributed by atoms with E-state index in [1.165, 1.54) is 0 Å². The molecular formula is C24H33N5O3. The number of ether oxygens (including phenoxy) is 1. The highest BCUT2D eigenvalue weighted by atomic mass is 16.5. The van der Waals surface area contributed by atoms with Crippen molar-refractivity contribution in [1.82, 2.24) is 24.4 Å². The monoisotopic (exact) mass is 439 g/mol. The van der Waals surface area contributed by atoms with Crippen LogP contribution in [0.15, 0.2) is 6.07 Å². The number of carbonyl (C=O) groups excluding carboxylic acids is 2. The Bertz CT molecular complexity index is 1020. The molecule has 0 saturated carbocycles. The molecule has 2 amide bonds. The Balaban J connectivity index is 1.37. The van der Waals surface area contributed by atoms with Gasteiger partial charge in [0.05, 0.1) is 11.7 Å². The van der Waals surface area contributed by atoms with Gasteiger partial charge in [-0.1, -0.05) is 0 Å². The molecule has 172 valence electrons. The standard InChI is InChI=1S/C24H33N5O3/c1-16-18(9-10-23(30)27-11-3-4-12-27)17(2)29-22(25-16)15-19(26-29)20-7-5-13-28(20)24(31)21-8-6-14-32-21/h15,20-21H,3-14H2,1-2H3/t20-,21-/m1/s1. The predicted molar refractivity (Wildman–Crippen MR) is 119 cm³/mol. The van der Waals surface area contributed by atoms with Crippen molar-refractivity contribution in [3.63, 3.8) is 0 Å². The number of amides is 2. The highest BCUT2D eigenvalue weighted by molar-refractivity contribution is 5.82. The molecular weight excluding hydrogens is 406 g/mol. The fourth-order valence-electron chi connectivity index (χ4n) is 5.52. The average Bonchev–Trinajstić information content (AvgIpc) is 3.58. The Morgan fingerprint density at radius 2 is 1.91 bits per heavy atom. The summed E-state index contributed by atoms with van der Waals surface area (Å²) in [7, 11) is 0. The lowest BCUT2D eigenvalue weighted by Crippen LogP contribution is -2.38. The van der Waals surface area contributed by atoms with E-state index in [-0.39, 0.29) is 24.0 Å². The molecule has 5 rings (SSSR count). The zero-order chi connectivity index (χ0) is 22.2. The SMILES string of the molecule is Cc1nc2cc([C@H]3CCCN3C(=O)[C@H]3CCCO3)nn2c(C)c1CCC(=O)N1CCCC1. The van der Waals surface area contributed by atoms with Crippen molar-refractivity contribution < 1.29 is 14.3 Å². The fraction of sp³-hybridized carbons (Fsp3) is 0.667. The van der Waals surface area contributed by atoms with E-state index in [2.05, 4.69) is 6.92 Å². The van der Waals surface area contributed by atoms with Crippen molar-refractivity contribution >= 4 is 17.5 Å². The maximum absolute atomic E-state index is 13.0. The molecule has 0 aromatic carbocycles. The first-order valence-corrected chi connectivity index (χ1v) is 12.1. The molecule has 2 aromatic rings. The van der Waals surface area contributed by atoms with Gasteiger partial charge in [-0.3, -0.25) is 9.59 Å². The molecule has 0 radical (unpaired) electrons. The van der Waals surface area contributed by atoms with Crippen LogP contribution in [0, 0.1) is 13.8 Å². The molecule has 0 bridgehead atoms. The van der Waals surface area contributed by atoms with Crippen molar-refractivity contribution in [3.8, 4) is 0 Å². The van der Waals surface area contributed by atoms with Crippen molar-refractivity contribution in [3.05, 3.63) is 28.7 Å². The summed E-state index contributed by atoms with van der Waals surface area (Å²) in [6.07, 6.45) is 6.77. The number of hydrogen-bond acceptors (Lipinski definition) is 5. The fourth-order valence-corrected chi connectivity index (χ4v) is 5.52. The molecule has 32 heavy (non-hydrogen) atoms. The molecule has 3 aliphatic rings. The third-order valence-corrected chi connectivity index (χ3v) is 7.31. The molecule has 2 atom stereocenters. The molecule has 5 heterocycles. The Morgan fingerprint density at radius 1 is 1.09 bits per heavy atom. The van der Waals surface area contributed by atoms with Crippen LogP contribution in [0.25, 0.3) is 5.65 Å². The van der Waals surface area contributed by atoms with Crippen molar-refractivity contribution in [2.45, 2.75) is 77.4 Å². The Hall–Kier alpha value is -2.48. The van der Waals surface area contributed by atoms with E-state index in [0.29, 0.717) is 19.4 Å². The summed E-state index contributed by atoms with van der Waals surface area (Å²) in [5.74, 6) is 0.334. The van der Waals surface area contributed by atoms with E-state index >= 15 is 0 Å². The summed E-state index contributed by atoms with van der Waals surface area (Å²) in [6.45, 7) is 7.27. The summed E-state index contributed by atoms with van der Waals surface area (Å²) in [5.41, 5.74) is 4.78. The van der Waals surface area contributed by atoms with E-state index in [1.54, 1.807) is 0 Å². The molecule has 2 aromatic heterocycles. The van der Waals surface area contributed by atoms with Gasteiger partial charge in [-0.15, -0.1) is 0 Å². The summed E-state index contributed by atoms with van der Waals surface area (Å²) in [6, 6.07) is 2.00. The average molecular weight is 440 g/mol. The number of aromatic nitrogens is 3. The first-order chi connectivity index (χ1) is 15.5. The Labute approximate surface area is 188 Å². The highest BCUT2D eigenvalue weighted by Crippen LogP contribution is 2.34. The van der Waals surface area contributed by atoms with Crippen LogP contribution in [0.3, 0.4) is 0 Å². The lowest BCUT2D eigenvalue weighted by Gasteiger charge is -2.25. The second-order valence-corrected chi connectivity index (χ2v) is 9.38. The summed E-state index contributed by atoms with van der Waals surface area (Å²) in [4.78, 5) is 34.2. The zero-order valence-corrected chi connectivity index (χ0v) is 19.2. The van der Waals surface area contributed by atoms with Gasteiger partial charge in [0.15, 0.2) is 5.65 Å². The largest absolute Gasteiger partial charge is 0.368 e. The Kier molecular flexibility index (Phi) is 5.88. The zero-order valence-electron chi connectivity index (χ0n) is 19.2. The minimum absolute atomic E-state index is 0.0201. The smallest absolute Gasteiger partial charge is 0.252 e. The molecule has 3 fully saturated rings. The van der Waals surface area contributed by atoms with Gasteiger partial charge < -0.3 is 14.5 Å². The maximum Gasteiger partial charge on any atom is 0.252 e. The number of likely N-dealkylation sites (tertiary alicyclic amines) is 2. The van der Waals surface area contributed by atoms with Crippen molar-refractivity contribution in [1.29, 1.82) is 0 Å². The van der Waals surface area contributed by atoms with Gasteiger partial charge in [-0.25, -0.2) is 9.50 Å². The molecule has 0 N–H and O–H groups in total. The summed E-state index contributed by atoms with van der Waals surface area (Å²) in [5, 5.41) is 4.88. The second-order valence-electron chi connectivity index (χ2n) is 9.38. The van der Waals surface area contributed by atoms with Crippen LogP contribution < -0.4 is 0 Å². The van der Waals surface area contributed by atoms with Crippen molar-refractivity contribution in [2.24, 2.45) is 0 Å². The van der Waals surface area contributed by atoms with Gasteiger partial charge in [0.2, 0.25) is 5.91 Å². The number of hydrogen-bond donors (Lipinski definition) is 0. The molecule has 8 nitrogen and oxygen atoms in total. The number of carbonyl (C=O) groups is 2. The lowest BCUT2D eigenvalue weighted by atomic mass is 10.1. The number of rotatable bonds is 5. The minimum Gasteiger partial charge on any atom is -0.368 e. The van der Waals surface area contributed by atoms with Gasteiger partial charge in [-0.2, -0.15) is 5.10 Å². The Morgan fingerprint density at radius 3 is 2.66 bits per heavy atom. The maximum atomic E-state index is 13.0. The first kappa shape index (κ1) is 21.4. The van der Waals surface area contributed by atoms with Crippen LogP contribution in [0.5, 0.6) is 0 Å². The van der Waals surface area contributed by atoms with Gasteiger partial charge in [0, 0.05) is 50.1 Å². The minimum atomic E-state index is -0.297. The van der Waals surface area contributed by atoms with Crippen LogP contribution in [-0.2, 0) is 20.7 Å². The quantitative estimate of drug-likeness (QED) is 0.716. The summed E-state index contributed by atoms with van der Waals surface area (Å²) < 4.78 is 7.54. The second kappa shape index (κ2) is 8.81. The molecule has 0 unspecified atom stereocenters. The molecule has 0 spiro atoms. The van der Waals surface area contributed by atoms with E-state index in [9.17, 15) is 9.59 Å². The van der Waals surface area contributed by atoms with Crippen LogP contribution >= 0.6 is 0 Å². The number of nitrogens with zero attached hydrogens (tertiary/aromatic N) is 5. The molecule has 3 saturated heterocycles. The number of fused-ring (bicyclic) bond motifs is 1. The van der Waals surface area contributed by atoms with Gasteiger partial charge >= 0.3 is 0 Å². The van der Waals surface area contributed by atoms with Crippen LogP contribution in [0.2, 0.25) is 0 Å². The van der Waals surface area contributed by atoms with Gasteiger partial charge in [-0.05, 0) is 64.4 Å². The van der Waals surface area contributed by atoms with Gasteiger partial charge in [0.25, 0.3) is 5.91 Å². The lowest BCUT2D eigenvalue weighted by molar-refractivity contribution is -0.142. The number of aryl methyl sites for hydroxylation is 2. The predicted octanol–water partition coefficient (Wildman–Crippen LogP) is 2.74. The topological polar surface area (TPSA) is 80.0 Å². The van der Waals surface area contributed by atoms with Gasteiger partial charge in [0.1, 0.15) is 6.10 Å². The molecule has 0 aliphatic carbocycles. The molecule has 3 aliphatic heterocycles. The summed E-state index contributed by atoms with van der Waals surface area (Å²) >= 11 is 0. The third kappa shape index (κ3) is 3.89. The normalized spacial score (nSPS) is 23.6. The van der Waals surface area contributed by atoms with Crippen LogP contribution in [0.4, 0.5) is 0 Å². The van der Waals surface area contributed by atoms with E-state index in [0.717, 1.165) is 86.5 Å². The van der Waals surface area contributed by atoms with E-state index < -0.39 is 0 Å². The van der Waals surface area contributed by atoms with E-state index in [4.69, 9.17) is 14.8 Å². The van der Waals surface area contributed by atoms with Crippen LogP contribution in [0.1, 0.15) is 73.6 Å².